The van der Waals surface area contributed by atoms with Gasteiger partial charge in [0.2, 0.25) is 0 Å². The normalized spacial score (nSPS) is 19.9. The lowest BCUT2D eigenvalue weighted by Crippen LogP contribution is -2.51. The molecular weight excluding hydrogens is 316 g/mol. The molecule has 3 heterocycles. The Kier molecular flexibility index (Phi) is 6.09. The number of likely N-dealkylation sites (N-methyl/N-ethyl adjacent to an activating group) is 2. The van der Waals surface area contributed by atoms with Gasteiger partial charge in [0.25, 0.3) is 0 Å². The van der Waals surface area contributed by atoms with Crippen molar-refractivity contribution in [1.29, 1.82) is 0 Å². The molecule has 0 aromatic carbocycles. The molecule has 3 rings (SSSR count). The molecule has 0 aliphatic carbocycles. The van der Waals surface area contributed by atoms with Crippen molar-refractivity contribution >= 4 is 11.8 Å². The van der Waals surface area contributed by atoms with Gasteiger partial charge in [0.15, 0.2) is 0 Å². The lowest BCUT2D eigenvalue weighted by molar-refractivity contribution is 0.142. The molecule has 138 valence electrons. The van der Waals surface area contributed by atoms with Crippen molar-refractivity contribution in [2.24, 2.45) is 0 Å². The average Bonchev–Trinajstić information content (AvgIpc) is 2.67. The summed E-state index contributed by atoms with van der Waals surface area (Å²) in [6, 6.07) is 4.15. The van der Waals surface area contributed by atoms with Gasteiger partial charge in [-0.2, -0.15) is 0 Å². The van der Waals surface area contributed by atoms with E-state index in [1.165, 1.54) is 0 Å². The van der Waals surface area contributed by atoms with Gasteiger partial charge in [0, 0.05) is 65.1 Å². The highest BCUT2D eigenvalue weighted by Crippen LogP contribution is 2.13. The molecule has 2 aliphatic heterocycles. The van der Waals surface area contributed by atoms with E-state index < -0.39 is 0 Å². The van der Waals surface area contributed by atoms with Crippen LogP contribution in [0.5, 0.6) is 0 Å². The summed E-state index contributed by atoms with van der Waals surface area (Å²) in [7, 11) is 2.15. The Morgan fingerprint density at radius 3 is 2.40 bits per heavy atom. The second-order valence-corrected chi connectivity index (χ2v) is 6.89. The molecule has 1 N–H and O–H groups in total. The van der Waals surface area contributed by atoms with Gasteiger partial charge in [0.05, 0.1) is 0 Å². The quantitative estimate of drug-likeness (QED) is 0.869. The van der Waals surface area contributed by atoms with Crippen molar-refractivity contribution in [3.05, 3.63) is 23.9 Å². The summed E-state index contributed by atoms with van der Waals surface area (Å²) >= 11 is 0. The first-order chi connectivity index (χ1) is 12.2. The first-order valence-corrected chi connectivity index (χ1v) is 9.29. The number of piperazine rings is 2. The Hall–Kier alpha value is -1.86. The predicted molar refractivity (Wildman–Crippen MR) is 99.9 cm³/mol. The summed E-state index contributed by atoms with van der Waals surface area (Å²) in [5, 5.41) is 3.01. The number of hydrogen-bond donors (Lipinski definition) is 1. The summed E-state index contributed by atoms with van der Waals surface area (Å²) in [4.78, 5) is 25.8. The molecule has 25 heavy (non-hydrogen) atoms. The first-order valence-electron chi connectivity index (χ1n) is 9.29. The zero-order valence-corrected chi connectivity index (χ0v) is 15.4. The molecule has 0 saturated carbocycles. The Morgan fingerprint density at radius 2 is 1.80 bits per heavy atom. The number of nitrogens with zero attached hydrogens (tertiary/aromatic N) is 5. The van der Waals surface area contributed by atoms with E-state index in [1.807, 2.05) is 11.1 Å². The second-order valence-electron chi connectivity index (χ2n) is 6.89. The van der Waals surface area contributed by atoms with Crippen LogP contribution in [0.4, 0.5) is 10.6 Å². The number of urea groups is 1. The molecule has 2 saturated heterocycles. The van der Waals surface area contributed by atoms with Gasteiger partial charge >= 0.3 is 6.03 Å². The Morgan fingerprint density at radius 1 is 1.08 bits per heavy atom. The smallest absolute Gasteiger partial charge is 0.317 e. The van der Waals surface area contributed by atoms with Crippen LogP contribution in [-0.2, 0) is 6.54 Å². The average molecular weight is 346 g/mol. The Labute approximate surface area is 150 Å². The molecule has 1 aromatic rings. The number of nitrogens with one attached hydrogen (secondary N) is 1. The fourth-order valence-electron chi connectivity index (χ4n) is 3.30. The van der Waals surface area contributed by atoms with Gasteiger partial charge < -0.3 is 24.9 Å². The maximum atomic E-state index is 12.3. The van der Waals surface area contributed by atoms with Crippen LogP contribution < -0.4 is 10.2 Å². The minimum Gasteiger partial charge on any atom is -0.354 e. The molecule has 0 bridgehead atoms. The van der Waals surface area contributed by atoms with Crippen LogP contribution in [0, 0.1) is 0 Å². The highest BCUT2D eigenvalue weighted by molar-refractivity contribution is 5.74. The van der Waals surface area contributed by atoms with Crippen LogP contribution in [0.3, 0.4) is 0 Å². The number of aromatic nitrogens is 1. The number of hydrogen-bond acceptors (Lipinski definition) is 5. The van der Waals surface area contributed by atoms with Gasteiger partial charge in [-0.3, -0.25) is 0 Å². The Bertz CT molecular complexity index is 547. The summed E-state index contributed by atoms with van der Waals surface area (Å²) in [5.74, 6) is 1.03. The zero-order valence-electron chi connectivity index (χ0n) is 15.4. The van der Waals surface area contributed by atoms with Gasteiger partial charge in [-0.1, -0.05) is 13.0 Å². The number of pyridine rings is 1. The Balaban J connectivity index is 1.45. The predicted octanol–water partition coefficient (Wildman–Crippen LogP) is 0.681. The highest BCUT2D eigenvalue weighted by atomic mass is 16.2. The summed E-state index contributed by atoms with van der Waals surface area (Å²) in [5.41, 5.74) is 1.04. The molecule has 0 spiro atoms. The summed E-state index contributed by atoms with van der Waals surface area (Å²) in [6.07, 6.45) is 1.88. The highest BCUT2D eigenvalue weighted by Gasteiger charge is 2.20. The van der Waals surface area contributed by atoms with Gasteiger partial charge in [-0.15, -0.1) is 0 Å². The molecule has 2 fully saturated rings. The van der Waals surface area contributed by atoms with E-state index >= 15 is 0 Å². The summed E-state index contributed by atoms with van der Waals surface area (Å²) in [6.45, 7) is 11.5. The maximum Gasteiger partial charge on any atom is 0.317 e. The second kappa shape index (κ2) is 8.49. The van der Waals surface area contributed by atoms with Gasteiger partial charge in [-0.05, 0) is 25.2 Å². The minimum absolute atomic E-state index is 0.0268. The fourth-order valence-corrected chi connectivity index (χ4v) is 3.30. The van der Waals surface area contributed by atoms with Crippen LogP contribution in [0.2, 0.25) is 0 Å². The van der Waals surface area contributed by atoms with Crippen molar-refractivity contribution < 1.29 is 4.79 Å². The minimum atomic E-state index is 0.0268. The van der Waals surface area contributed by atoms with Crippen molar-refractivity contribution in [3.8, 4) is 0 Å². The van der Waals surface area contributed by atoms with E-state index in [1.54, 1.807) is 0 Å². The fraction of sp³-hybridized carbons (Fsp3) is 0.667. The third-order valence-corrected chi connectivity index (χ3v) is 5.19. The molecule has 0 radical (unpaired) electrons. The molecule has 2 aliphatic rings. The number of carbonyl (C=O) groups excluding carboxylic acids is 1. The van der Waals surface area contributed by atoms with E-state index in [4.69, 9.17) is 0 Å². The third kappa shape index (κ3) is 4.83. The molecule has 0 unspecified atom stereocenters. The van der Waals surface area contributed by atoms with E-state index in [-0.39, 0.29) is 6.03 Å². The first kappa shape index (κ1) is 17.9. The largest absolute Gasteiger partial charge is 0.354 e. The van der Waals surface area contributed by atoms with E-state index in [2.05, 4.69) is 51.1 Å². The van der Waals surface area contributed by atoms with Crippen molar-refractivity contribution in [3.63, 3.8) is 0 Å². The zero-order chi connectivity index (χ0) is 17.6. The van der Waals surface area contributed by atoms with Crippen LogP contribution >= 0.6 is 0 Å². The van der Waals surface area contributed by atoms with Crippen molar-refractivity contribution in [2.75, 3.05) is 70.9 Å². The number of rotatable bonds is 4. The van der Waals surface area contributed by atoms with Crippen LogP contribution in [0.1, 0.15) is 12.5 Å². The van der Waals surface area contributed by atoms with Crippen LogP contribution in [0.15, 0.2) is 18.3 Å². The number of anilines is 1. The van der Waals surface area contributed by atoms with Gasteiger partial charge in [-0.25, -0.2) is 9.78 Å². The molecule has 0 atom stereocenters. The van der Waals surface area contributed by atoms with E-state index in [9.17, 15) is 4.79 Å². The third-order valence-electron chi connectivity index (χ3n) is 5.19. The standard InChI is InChI=1S/C18H30N6O/c1-3-22-8-12-24(13-9-22)18(25)20-15-16-4-5-17(19-14-16)23-10-6-21(2)7-11-23/h4-5,14H,3,6-13,15H2,1-2H3,(H,20,25). The maximum absolute atomic E-state index is 12.3. The monoisotopic (exact) mass is 346 g/mol. The van der Waals surface area contributed by atoms with Crippen LogP contribution in [0.25, 0.3) is 0 Å². The molecule has 7 heteroatoms. The van der Waals surface area contributed by atoms with Crippen LogP contribution in [-0.4, -0.2) is 91.7 Å². The summed E-state index contributed by atoms with van der Waals surface area (Å²) < 4.78 is 0. The van der Waals surface area contributed by atoms with E-state index in [0.717, 1.165) is 70.3 Å². The molecule has 2 amide bonds. The van der Waals surface area contributed by atoms with E-state index in [0.29, 0.717) is 6.54 Å². The topological polar surface area (TPSA) is 55.0 Å². The molecular formula is C18H30N6O. The number of carbonyl (C=O) groups is 1. The van der Waals surface area contributed by atoms with Crippen molar-refractivity contribution in [2.45, 2.75) is 13.5 Å². The number of amides is 2. The SMILES string of the molecule is CCN1CCN(C(=O)NCc2ccc(N3CCN(C)CC3)nc2)CC1. The van der Waals surface area contributed by atoms with Gasteiger partial charge in [0.1, 0.15) is 5.82 Å². The lowest BCUT2D eigenvalue weighted by Gasteiger charge is -2.34. The lowest BCUT2D eigenvalue weighted by atomic mass is 10.2. The molecule has 1 aromatic heterocycles. The van der Waals surface area contributed by atoms with Crippen molar-refractivity contribution in [1.82, 2.24) is 25.0 Å². The molecule has 7 nitrogen and oxygen atoms in total.